The van der Waals surface area contributed by atoms with Crippen molar-refractivity contribution in [1.82, 2.24) is 10.2 Å². The van der Waals surface area contributed by atoms with Crippen LogP contribution in [0.25, 0.3) is 0 Å². The summed E-state index contributed by atoms with van der Waals surface area (Å²) in [6, 6.07) is 8.17. The normalized spacial score (nSPS) is 11.3. The fourth-order valence-electron chi connectivity index (χ4n) is 1.92. The van der Waals surface area contributed by atoms with Crippen molar-refractivity contribution in [2.75, 3.05) is 40.5 Å². The Morgan fingerprint density at radius 3 is 2.52 bits per heavy atom. The number of rotatable bonds is 8. The maximum atomic E-state index is 5.45. The lowest BCUT2D eigenvalue weighted by Gasteiger charge is -2.22. The summed E-state index contributed by atoms with van der Waals surface area (Å²) in [4.78, 5) is 6.63. The van der Waals surface area contributed by atoms with E-state index >= 15 is 0 Å². The lowest BCUT2D eigenvalue weighted by Crippen LogP contribution is -2.38. The first-order chi connectivity index (χ1) is 10.2. The van der Waals surface area contributed by atoms with Crippen LogP contribution >= 0.6 is 0 Å². The quantitative estimate of drug-likeness (QED) is 0.453. The van der Waals surface area contributed by atoms with Crippen molar-refractivity contribution in [3.05, 3.63) is 29.8 Å². The summed E-state index contributed by atoms with van der Waals surface area (Å²) in [5.74, 6) is 1.80. The fourth-order valence-corrected chi connectivity index (χ4v) is 1.92. The van der Waals surface area contributed by atoms with E-state index in [9.17, 15) is 0 Å². The Morgan fingerprint density at radius 1 is 1.24 bits per heavy atom. The summed E-state index contributed by atoms with van der Waals surface area (Å²) >= 11 is 0. The number of hydrogen-bond donors (Lipinski definition) is 1. The molecule has 0 fully saturated rings. The Bertz CT molecular complexity index is 418. The summed E-state index contributed by atoms with van der Waals surface area (Å²) in [6.45, 7) is 7.68. The first kappa shape index (κ1) is 17.3. The Morgan fingerprint density at radius 2 is 1.95 bits per heavy atom. The van der Waals surface area contributed by atoms with Crippen LogP contribution in [0.3, 0.4) is 0 Å². The number of ether oxygens (including phenoxy) is 2. The van der Waals surface area contributed by atoms with Crippen LogP contribution in [0.2, 0.25) is 0 Å². The molecule has 5 heteroatoms. The number of methoxy groups -OCH3 is 1. The van der Waals surface area contributed by atoms with Crippen LogP contribution in [0.1, 0.15) is 19.4 Å². The number of nitrogens with zero attached hydrogens (tertiary/aromatic N) is 2. The molecule has 0 aliphatic rings. The van der Waals surface area contributed by atoms with Gasteiger partial charge in [-0.1, -0.05) is 12.1 Å². The molecule has 1 aromatic carbocycles. The Kier molecular flexibility index (Phi) is 8.28. The van der Waals surface area contributed by atoms with E-state index in [4.69, 9.17) is 9.47 Å². The summed E-state index contributed by atoms with van der Waals surface area (Å²) in [6.07, 6.45) is 0. The largest absolute Gasteiger partial charge is 0.494 e. The van der Waals surface area contributed by atoms with Crippen LogP contribution in [-0.4, -0.2) is 51.3 Å². The van der Waals surface area contributed by atoms with Crippen LogP contribution in [-0.2, 0) is 11.3 Å². The third kappa shape index (κ3) is 6.49. The first-order valence-electron chi connectivity index (χ1n) is 7.41. The lowest BCUT2D eigenvalue weighted by molar-refractivity contribution is 0.207. The van der Waals surface area contributed by atoms with E-state index in [2.05, 4.69) is 34.3 Å². The zero-order valence-corrected chi connectivity index (χ0v) is 13.6. The molecule has 5 nitrogen and oxygen atoms in total. The van der Waals surface area contributed by atoms with Gasteiger partial charge in [0.25, 0.3) is 0 Å². The molecule has 21 heavy (non-hydrogen) atoms. The number of aliphatic imine (C=N–C) groups is 1. The maximum absolute atomic E-state index is 5.45. The van der Waals surface area contributed by atoms with Crippen LogP contribution in [0, 0.1) is 0 Å². The first-order valence-corrected chi connectivity index (χ1v) is 7.41. The van der Waals surface area contributed by atoms with Gasteiger partial charge in [0.1, 0.15) is 5.75 Å². The molecule has 0 heterocycles. The van der Waals surface area contributed by atoms with Crippen LogP contribution < -0.4 is 10.1 Å². The van der Waals surface area contributed by atoms with Crippen LogP contribution in [0.5, 0.6) is 5.75 Å². The van der Waals surface area contributed by atoms with Gasteiger partial charge in [0.2, 0.25) is 0 Å². The van der Waals surface area contributed by atoms with Gasteiger partial charge in [-0.05, 0) is 31.5 Å². The highest BCUT2D eigenvalue weighted by Crippen LogP contribution is 2.13. The molecule has 0 aliphatic heterocycles. The number of hydrogen-bond acceptors (Lipinski definition) is 3. The van der Waals surface area contributed by atoms with Crippen molar-refractivity contribution in [2.45, 2.75) is 20.4 Å². The van der Waals surface area contributed by atoms with Gasteiger partial charge in [-0.15, -0.1) is 0 Å². The van der Waals surface area contributed by atoms with Crippen molar-refractivity contribution < 1.29 is 9.47 Å². The number of benzene rings is 1. The molecular formula is C16H27N3O2. The minimum absolute atomic E-state index is 0.631. The summed E-state index contributed by atoms with van der Waals surface area (Å²) in [5, 5.41) is 3.29. The predicted molar refractivity (Wildman–Crippen MR) is 86.9 cm³/mol. The third-order valence-corrected chi connectivity index (χ3v) is 2.91. The molecule has 0 spiro atoms. The average molecular weight is 293 g/mol. The van der Waals surface area contributed by atoms with E-state index < -0.39 is 0 Å². The minimum atomic E-state index is 0.631. The Hall–Kier alpha value is -1.75. The topological polar surface area (TPSA) is 46.1 Å². The average Bonchev–Trinajstić information content (AvgIpc) is 2.49. The molecule has 0 unspecified atom stereocenters. The Labute approximate surface area is 128 Å². The fraction of sp³-hybridized carbons (Fsp3) is 0.562. The van der Waals surface area contributed by atoms with Gasteiger partial charge in [-0.3, -0.25) is 4.99 Å². The van der Waals surface area contributed by atoms with Crippen molar-refractivity contribution in [1.29, 1.82) is 0 Å². The summed E-state index contributed by atoms with van der Waals surface area (Å²) in [7, 11) is 3.72. The van der Waals surface area contributed by atoms with Gasteiger partial charge in [0.15, 0.2) is 5.96 Å². The maximum Gasteiger partial charge on any atom is 0.194 e. The Balaban J connectivity index is 2.62. The SMILES string of the molecule is CCNC(=NCCOC)N(C)Cc1ccc(OCC)cc1. The standard InChI is InChI=1S/C16H27N3O2/c1-5-17-16(18-11-12-20-4)19(3)13-14-7-9-15(10-8-14)21-6-2/h7-10H,5-6,11-13H2,1-4H3,(H,17,18). The van der Waals surface area contributed by atoms with E-state index in [1.165, 1.54) is 5.56 Å². The molecule has 0 radical (unpaired) electrons. The predicted octanol–water partition coefficient (Wildman–Crippen LogP) is 2.13. The van der Waals surface area contributed by atoms with Crippen molar-refractivity contribution >= 4 is 5.96 Å². The summed E-state index contributed by atoms with van der Waals surface area (Å²) in [5.41, 5.74) is 1.22. The van der Waals surface area contributed by atoms with Gasteiger partial charge in [0.05, 0.1) is 19.8 Å². The molecule has 1 N–H and O–H groups in total. The second-order valence-electron chi connectivity index (χ2n) is 4.66. The highest BCUT2D eigenvalue weighted by atomic mass is 16.5. The molecule has 0 bridgehead atoms. The molecule has 0 atom stereocenters. The van der Waals surface area contributed by atoms with Gasteiger partial charge in [-0.2, -0.15) is 0 Å². The molecular weight excluding hydrogens is 266 g/mol. The van der Waals surface area contributed by atoms with E-state index in [-0.39, 0.29) is 0 Å². The molecule has 0 amide bonds. The molecule has 0 saturated carbocycles. The van der Waals surface area contributed by atoms with Crippen LogP contribution in [0.4, 0.5) is 0 Å². The van der Waals surface area contributed by atoms with Gasteiger partial charge >= 0.3 is 0 Å². The van der Waals surface area contributed by atoms with E-state index in [1.807, 2.05) is 26.1 Å². The number of guanidine groups is 1. The van der Waals surface area contributed by atoms with Crippen molar-refractivity contribution in [3.63, 3.8) is 0 Å². The molecule has 0 aliphatic carbocycles. The molecule has 1 aromatic rings. The van der Waals surface area contributed by atoms with Crippen molar-refractivity contribution in [3.8, 4) is 5.75 Å². The zero-order chi connectivity index (χ0) is 15.5. The lowest BCUT2D eigenvalue weighted by atomic mass is 10.2. The summed E-state index contributed by atoms with van der Waals surface area (Å²) < 4.78 is 10.5. The van der Waals surface area contributed by atoms with E-state index in [0.717, 1.165) is 24.8 Å². The molecule has 118 valence electrons. The smallest absolute Gasteiger partial charge is 0.194 e. The van der Waals surface area contributed by atoms with Crippen LogP contribution in [0.15, 0.2) is 29.3 Å². The monoisotopic (exact) mass is 293 g/mol. The number of nitrogens with one attached hydrogen (secondary N) is 1. The zero-order valence-electron chi connectivity index (χ0n) is 13.6. The highest BCUT2D eigenvalue weighted by Gasteiger charge is 2.06. The second kappa shape index (κ2) is 10.0. The van der Waals surface area contributed by atoms with Gasteiger partial charge < -0.3 is 19.7 Å². The van der Waals surface area contributed by atoms with Gasteiger partial charge in [0, 0.05) is 27.2 Å². The highest BCUT2D eigenvalue weighted by molar-refractivity contribution is 5.79. The molecule has 0 aromatic heterocycles. The third-order valence-electron chi connectivity index (χ3n) is 2.91. The van der Waals surface area contributed by atoms with E-state index in [1.54, 1.807) is 7.11 Å². The minimum Gasteiger partial charge on any atom is -0.494 e. The molecule has 1 rings (SSSR count). The van der Waals surface area contributed by atoms with E-state index in [0.29, 0.717) is 19.8 Å². The van der Waals surface area contributed by atoms with Crippen molar-refractivity contribution in [2.24, 2.45) is 4.99 Å². The molecule has 0 saturated heterocycles. The van der Waals surface area contributed by atoms with Gasteiger partial charge in [-0.25, -0.2) is 0 Å². The second-order valence-corrected chi connectivity index (χ2v) is 4.66.